The summed E-state index contributed by atoms with van der Waals surface area (Å²) < 4.78 is 18.5. The Labute approximate surface area is 225 Å². The van der Waals surface area contributed by atoms with E-state index in [0.29, 0.717) is 11.5 Å². The van der Waals surface area contributed by atoms with E-state index >= 15 is 0 Å². The predicted molar refractivity (Wildman–Crippen MR) is 144 cm³/mol. The van der Waals surface area contributed by atoms with Crippen LogP contribution < -0.4 is 0 Å². The average Bonchev–Trinajstić information content (AvgIpc) is 3.24. The van der Waals surface area contributed by atoms with Gasteiger partial charge in [-0.15, -0.1) is 0 Å². The number of hydrogen-bond donors (Lipinski definition) is 0. The molecule has 0 N–H and O–H groups in total. The molecule has 2 aromatic rings. The molecular formula is C31H37ClO5. The van der Waals surface area contributed by atoms with Gasteiger partial charge in [-0.05, 0) is 68.7 Å². The van der Waals surface area contributed by atoms with Crippen molar-refractivity contribution < 1.29 is 23.8 Å². The molecule has 2 heterocycles. The van der Waals surface area contributed by atoms with Crippen LogP contribution in [0, 0.1) is 32.6 Å². The maximum absolute atomic E-state index is 14.0. The van der Waals surface area contributed by atoms with Gasteiger partial charge in [0.2, 0.25) is 0 Å². The van der Waals surface area contributed by atoms with Crippen molar-refractivity contribution in [3.8, 4) is 0 Å². The quantitative estimate of drug-likeness (QED) is 0.312. The third-order valence-electron chi connectivity index (χ3n) is 7.40. The number of carbonyl (C=O) groups is 2. The molecule has 5 nitrogen and oxygen atoms in total. The molecule has 6 heteroatoms. The number of aryl methyl sites for hydroxylation is 3. The van der Waals surface area contributed by atoms with Gasteiger partial charge in [0.15, 0.2) is 17.7 Å². The van der Waals surface area contributed by atoms with Gasteiger partial charge in [-0.2, -0.15) is 0 Å². The van der Waals surface area contributed by atoms with Crippen LogP contribution in [-0.2, 0) is 30.2 Å². The summed E-state index contributed by atoms with van der Waals surface area (Å²) in [5, 5.41) is 0.516. The van der Waals surface area contributed by atoms with Crippen molar-refractivity contribution in [2.24, 2.45) is 11.8 Å². The number of cyclic esters (lactones) is 1. The molecule has 2 aromatic carbocycles. The van der Waals surface area contributed by atoms with Crippen molar-refractivity contribution in [2.75, 3.05) is 6.61 Å². The van der Waals surface area contributed by atoms with E-state index in [1.807, 2.05) is 45.9 Å². The fourth-order valence-corrected chi connectivity index (χ4v) is 6.05. The fourth-order valence-electron chi connectivity index (χ4n) is 5.62. The molecule has 5 atom stereocenters. The highest BCUT2D eigenvalue weighted by Crippen LogP contribution is 2.42. The zero-order chi connectivity index (χ0) is 26.9. The summed E-state index contributed by atoms with van der Waals surface area (Å²) in [6, 6.07) is 12.2. The first-order valence-electron chi connectivity index (χ1n) is 13.1. The fraction of sp³-hybridized carbons (Fsp3) is 0.484. The van der Waals surface area contributed by atoms with Crippen molar-refractivity contribution in [3.63, 3.8) is 0 Å². The summed E-state index contributed by atoms with van der Waals surface area (Å²) in [4.78, 5) is 27.2. The van der Waals surface area contributed by atoms with Gasteiger partial charge in [-0.25, -0.2) is 0 Å². The Bertz CT molecular complexity index is 1190. The van der Waals surface area contributed by atoms with Crippen LogP contribution in [0.5, 0.6) is 0 Å². The smallest absolute Gasteiger partial charge is 0.316 e. The van der Waals surface area contributed by atoms with Crippen molar-refractivity contribution in [2.45, 2.75) is 78.8 Å². The molecule has 1 fully saturated rings. The van der Waals surface area contributed by atoms with Gasteiger partial charge >= 0.3 is 5.97 Å². The molecule has 0 saturated carbocycles. The summed E-state index contributed by atoms with van der Waals surface area (Å²) in [7, 11) is 0. The predicted octanol–water partition coefficient (Wildman–Crippen LogP) is 7.00. The molecule has 4 rings (SSSR count). The lowest BCUT2D eigenvalue weighted by molar-refractivity contribution is -0.164. The van der Waals surface area contributed by atoms with Crippen molar-refractivity contribution in [1.29, 1.82) is 0 Å². The van der Waals surface area contributed by atoms with E-state index in [2.05, 4.69) is 31.2 Å². The van der Waals surface area contributed by atoms with Gasteiger partial charge in [-0.1, -0.05) is 73.5 Å². The summed E-state index contributed by atoms with van der Waals surface area (Å²) in [6.07, 6.45) is 2.34. The van der Waals surface area contributed by atoms with Crippen LogP contribution in [0.15, 0.2) is 47.5 Å². The second kappa shape index (κ2) is 11.1. The minimum absolute atomic E-state index is 0.00949. The Kier molecular flexibility index (Phi) is 8.27. The second-order valence-corrected chi connectivity index (χ2v) is 11.2. The van der Waals surface area contributed by atoms with Gasteiger partial charge < -0.3 is 14.2 Å². The lowest BCUT2D eigenvalue weighted by Gasteiger charge is -2.30. The van der Waals surface area contributed by atoms with Gasteiger partial charge in [0.25, 0.3) is 0 Å². The molecule has 1 spiro atoms. The Hall–Kier alpha value is -2.47. The van der Waals surface area contributed by atoms with E-state index in [-0.39, 0.29) is 24.7 Å². The van der Waals surface area contributed by atoms with Crippen LogP contribution in [0.1, 0.15) is 79.4 Å². The molecule has 1 saturated heterocycles. The third kappa shape index (κ3) is 5.84. The van der Waals surface area contributed by atoms with Crippen molar-refractivity contribution in [1.82, 2.24) is 0 Å². The van der Waals surface area contributed by atoms with Crippen LogP contribution in [0.3, 0.4) is 0 Å². The summed E-state index contributed by atoms with van der Waals surface area (Å²) >= 11 is 6.76. The zero-order valence-electron chi connectivity index (χ0n) is 22.6. The van der Waals surface area contributed by atoms with Gasteiger partial charge in [-0.3, -0.25) is 9.59 Å². The first kappa shape index (κ1) is 27.6. The number of halogens is 1. The average molecular weight is 525 g/mol. The van der Waals surface area contributed by atoms with Gasteiger partial charge in [0.05, 0.1) is 6.61 Å². The molecule has 2 bridgehead atoms. The topological polar surface area (TPSA) is 61.8 Å². The minimum atomic E-state index is -1.39. The summed E-state index contributed by atoms with van der Waals surface area (Å²) in [5.41, 5.74) is 4.79. The molecule has 0 aromatic heterocycles. The number of fused-ring (bicyclic) bond motifs is 2. The molecule has 0 unspecified atom stereocenters. The minimum Gasteiger partial charge on any atom is -0.457 e. The molecule has 0 radical (unpaired) electrons. The lowest BCUT2D eigenvalue weighted by Crippen LogP contribution is -2.47. The number of ether oxygens (including phenoxy) is 3. The maximum Gasteiger partial charge on any atom is 0.316 e. The number of hydrogen-bond acceptors (Lipinski definition) is 5. The summed E-state index contributed by atoms with van der Waals surface area (Å²) in [5.74, 6) is -1.84. The van der Waals surface area contributed by atoms with Crippen LogP contribution in [0.4, 0.5) is 0 Å². The lowest BCUT2D eigenvalue weighted by atomic mass is 9.86. The molecule has 2 aliphatic rings. The largest absolute Gasteiger partial charge is 0.457 e. The number of benzene rings is 2. The normalized spacial score (nSPS) is 30.5. The second-order valence-electron chi connectivity index (χ2n) is 10.7. The first-order valence-corrected chi connectivity index (χ1v) is 13.5. The summed E-state index contributed by atoms with van der Waals surface area (Å²) in [6.45, 7) is 11.7. The number of Topliss-reactive ketones (excluding diaryl/α,β-unsaturated/α-hetero) is 1. The molecule has 198 valence electrons. The standard InChI is InChI=1S/C31H37ClO5/c1-7-26-24-10-8-9-23(15-24)13-19(3)14-25(32)16-31(28(33)22(6)29(34)36-26)17-35-30(37-31)27-20(4)11-18(2)12-21(27)5/h8-12,14-15,19,22,26,30H,7,13,16-17H2,1-6H3/b25-14+/t19-,22-,26-,30+,31+/m0/s1. The van der Waals surface area contributed by atoms with Crippen LogP contribution in [0.25, 0.3) is 0 Å². The van der Waals surface area contributed by atoms with Crippen LogP contribution in [0.2, 0.25) is 0 Å². The number of esters is 1. The Morgan fingerprint density at radius 3 is 2.43 bits per heavy atom. The molecule has 0 aliphatic carbocycles. The van der Waals surface area contributed by atoms with E-state index in [0.717, 1.165) is 39.8 Å². The van der Waals surface area contributed by atoms with E-state index in [4.69, 9.17) is 25.8 Å². The highest BCUT2D eigenvalue weighted by Gasteiger charge is 2.52. The Morgan fingerprint density at radius 1 is 1.05 bits per heavy atom. The van der Waals surface area contributed by atoms with Crippen molar-refractivity contribution >= 4 is 23.4 Å². The third-order valence-corrected chi connectivity index (χ3v) is 7.66. The molecule has 0 amide bonds. The van der Waals surface area contributed by atoms with E-state index < -0.39 is 29.9 Å². The van der Waals surface area contributed by atoms with Crippen LogP contribution in [-0.4, -0.2) is 24.0 Å². The number of ketones is 1. The maximum atomic E-state index is 14.0. The monoisotopic (exact) mass is 524 g/mol. The van der Waals surface area contributed by atoms with E-state index in [9.17, 15) is 9.59 Å². The van der Waals surface area contributed by atoms with E-state index in [1.54, 1.807) is 6.92 Å². The number of carbonyl (C=O) groups excluding carboxylic acids is 2. The van der Waals surface area contributed by atoms with Crippen molar-refractivity contribution in [3.05, 3.63) is 80.9 Å². The first-order chi connectivity index (χ1) is 17.5. The van der Waals surface area contributed by atoms with E-state index in [1.165, 1.54) is 0 Å². The van der Waals surface area contributed by atoms with Gasteiger partial charge in [0.1, 0.15) is 12.0 Å². The zero-order valence-corrected chi connectivity index (χ0v) is 23.4. The SMILES string of the molecule is CC[C@@H]1OC(=O)[C@@H](C)C(=O)[C@]2(CO[C@@H](c3c(C)cc(C)cc3C)O2)C/C(Cl)=C\[C@@H](C)Cc2cccc1c2. The molecule has 37 heavy (non-hydrogen) atoms. The van der Waals surface area contributed by atoms with Crippen LogP contribution >= 0.6 is 11.6 Å². The Balaban J connectivity index is 1.73. The molecular weight excluding hydrogens is 488 g/mol. The molecule has 2 aliphatic heterocycles. The Morgan fingerprint density at radius 2 is 1.76 bits per heavy atom. The number of allylic oxidation sites excluding steroid dienone is 1. The number of rotatable bonds is 2. The highest BCUT2D eigenvalue weighted by molar-refractivity contribution is 6.30. The highest BCUT2D eigenvalue weighted by atomic mass is 35.5. The van der Waals surface area contributed by atoms with Gasteiger partial charge in [0, 0.05) is 17.0 Å².